The molecule has 0 saturated carbocycles. The molecule has 2 aromatic carbocycles. The third kappa shape index (κ3) is 5.14. The van der Waals surface area contributed by atoms with Crippen LogP contribution in [0.5, 0.6) is 0 Å². The number of carbonyl (C=O) groups excluding carboxylic acids is 2. The summed E-state index contributed by atoms with van der Waals surface area (Å²) >= 11 is 0. The van der Waals surface area contributed by atoms with Gasteiger partial charge in [0.15, 0.2) is 0 Å². The van der Waals surface area contributed by atoms with E-state index >= 15 is 0 Å². The lowest BCUT2D eigenvalue weighted by molar-refractivity contribution is -0.121. The van der Waals surface area contributed by atoms with Gasteiger partial charge in [-0.1, -0.05) is 42.5 Å². The number of amides is 1. The lowest BCUT2D eigenvalue weighted by atomic mass is 10.1. The van der Waals surface area contributed by atoms with E-state index in [1.165, 1.54) is 12.1 Å². The van der Waals surface area contributed by atoms with Crippen molar-refractivity contribution >= 4 is 11.9 Å². The molecule has 0 saturated heterocycles. The van der Waals surface area contributed by atoms with Gasteiger partial charge in [0.1, 0.15) is 5.82 Å². The largest absolute Gasteiger partial charge is 0.462 e. The quantitative estimate of drug-likeness (QED) is 0.559. The minimum Gasteiger partial charge on any atom is -0.462 e. The Balaban J connectivity index is 1.74. The molecule has 0 atom stereocenters. The summed E-state index contributed by atoms with van der Waals surface area (Å²) in [5.41, 5.74) is 3.92. The van der Waals surface area contributed by atoms with E-state index in [-0.39, 0.29) is 24.1 Å². The lowest BCUT2D eigenvalue weighted by Crippen LogP contribution is -2.24. The van der Waals surface area contributed by atoms with E-state index in [1.54, 1.807) is 19.1 Å². The first-order valence-corrected chi connectivity index (χ1v) is 9.93. The second-order valence-corrected chi connectivity index (χ2v) is 6.92. The molecule has 3 rings (SSSR count). The third-order valence-corrected chi connectivity index (χ3v) is 4.90. The third-order valence-electron chi connectivity index (χ3n) is 4.90. The van der Waals surface area contributed by atoms with Crippen molar-refractivity contribution < 1.29 is 18.7 Å². The maximum absolute atomic E-state index is 13.0. The molecule has 1 amide bonds. The lowest BCUT2D eigenvalue weighted by Gasteiger charge is -2.12. The number of hydrogen-bond acceptors (Lipinski definition) is 3. The van der Waals surface area contributed by atoms with Crippen LogP contribution in [0.4, 0.5) is 4.39 Å². The van der Waals surface area contributed by atoms with Crippen LogP contribution < -0.4 is 5.32 Å². The van der Waals surface area contributed by atoms with Crippen LogP contribution in [0.2, 0.25) is 0 Å². The van der Waals surface area contributed by atoms with Gasteiger partial charge in [0, 0.05) is 30.9 Å². The van der Waals surface area contributed by atoms with E-state index in [4.69, 9.17) is 4.74 Å². The molecule has 0 bridgehead atoms. The van der Waals surface area contributed by atoms with Gasteiger partial charge in [-0.3, -0.25) is 4.79 Å². The van der Waals surface area contributed by atoms with Crippen molar-refractivity contribution in [3.05, 3.63) is 83.3 Å². The zero-order valence-electron chi connectivity index (χ0n) is 17.2. The molecule has 156 valence electrons. The van der Waals surface area contributed by atoms with E-state index < -0.39 is 0 Å². The predicted octanol–water partition coefficient (Wildman–Crippen LogP) is 4.49. The zero-order valence-corrected chi connectivity index (χ0v) is 17.2. The Labute approximate surface area is 175 Å². The van der Waals surface area contributed by atoms with Crippen molar-refractivity contribution in [1.29, 1.82) is 0 Å². The highest BCUT2D eigenvalue weighted by molar-refractivity contribution is 5.92. The summed E-state index contributed by atoms with van der Waals surface area (Å²) in [6, 6.07) is 17.6. The number of benzene rings is 2. The maximum atomic E-state index is 13.0. The van der Waals surface area contributed by atoms with Crippen molar-refractivity contribution in [1.82, 2.24) is 9.88 Å². The molecule has 0 unspecified atom stereocenters. The molecule has 0 radical (unpaired) electrons. The fourth-order valence-electron chi connectivity index (χ4n) is 3.30. The molecule has 0 aliphatic rings. The SMILES string of the molecule is CCOC(=O)c1cc(-c2ccccc2)n(CCC(=O)NCc2ccc(F)cc2)c1C. The van der Waals surface area contributed by atoms with Crippen LogP contribution >= 0.6 is 0 Å². The first-order valence-electron chi connectivity index (χ1n) is 9.93. The molecule has 30 heavy (non-hydrogen) atoms. The van der Waals surface area contributed by atoms with Crippen molar-refractivity contribution in [2.75, 3.05) is 6.61 Å². The summed E-state index contributed by atoms with van der Waals surface area (Å²) in [4.78, 5) is 24.7. The van der Waals surface area contributed by atoms with Gasteiger partial charge in [-0.2, -0.15) is 0 Å². The van der Waals surface area contributed by atoms with Crippen LogP contribution in [0.15, 0.2) is 60.7 Å². The van der Waals surface area contributed by atoms with E-state index in [1.807, 2.05) is 47.9 Å². The highest BCUT2D eigenvalue weighted by atomic mass is 19.1. The van der Waals surface area contributed by atoms with Crippen LogP contribution in [-0.4, -0.2) is 23.1 Å². The topological polar surface area (TPSA) is 60.3 Å². The van der Waals surface area contributed by atoms with E-state index in [9.17, 15) is 14.0 Å². The molecular formula is C24H25FN2O3. The summed E-state index contributed by atoms with van der Waals surface area (Å²) in [6.07, 6.45) is 0.249. The minimum atomic E-state index is -0.369. The fourth-order valence-corrected chi connectivity index (χ4v) is 3.30. The van der Waals surface area contributed by atoms with Crippen LogP contribution in [0.3, 0.4) is 0 Å². The molecule has 1 aromatic heterocycles. The monoisotopic (exact) mass is 408 g/mol. The number of esters is 1. The average Bonchev–Trinajstić information content (AvgIpc) is 3.09. The van der Waals surface area contributed by atoms with Crippen LogP contribution in [0.1, 0.15) is 35.0 Å². The Kier molecular flexibility index (Phi) is 7.01. The van der Waals surface area contributed by atoms with Crippen molar-refractivity contribution in [2.24, 2.45) is 0 Å². The van der Waals surface area contributed by atoms with Gasteiger partial charge in [0.25, 0.3) is 0 Å². The highest BCUT2D eigenvalue weighted by Crippen LogP contribution is 2.27. The Bertz CT molecular complexity index is 1010. The minimum absolute atomic E-state index is 0.121. The second kappa shape index (κ2) is 9.87. The number of nitrogens with zero attached hydrogens (tertiary/aromatic N) is 1. The Hall–Kier alpha value is -3.41. The van der Waals surface area contributed by atoms with Crippen LogP contribution in [-0.2, 0) is 22.6 Å². The van der Waals surface area contributed by atoms with Crippen molar-refractivity contribution in [3.63, 3.8) is 0 Å². The number of hydrogen-bond donors (Lipinski definition) is 1. The average molecular weight is 408 g/mol. The highest BCUT2D eigenvalue weighted by Gasteiger charge is 2.19. The molecule has 6 heteroatoms. The number of carbonyl (C=O) groups is 2. The summed E-state index contributed by atoms with van der Waals surface area (Å²) in [6.45, 7) is 4.69. The molecule has 0 spiro atoms. The number of ether oxygens (including phenoxy) is 1. The number of nitrogens with one attached hydrogen (secondary N) is 1. The number of rotatable bonds is 8. The van der Waals surface area contributed by atoms with Crippen molar-refractivity contribution in [3.8, 4) is 11.3 Å². The molecule has 0 aliphatic carbocycles. The summed E-state index contributed by atoms with van der Waals surface area (Å²) in [5, 5.41) is 2.85. The van der Waals surface area contributed by atoms with Crippen LogP contribution in [0.25, 0.3) is 11.3 Å². The maximum Gasteiger partial charge on any atom is 0.339 e. The molecule has 0 aliphatic heterocycles. The number of aromatic nitrogens is 1. The normalized spacial score (nSPS) is 10.6. The van der Waals surface area contributed by atoms with Gasteiger partial charge in [-0.25, -0.2) is 9.18 Å². The molecule has 3 aromatic rings. The fraction of sp³-hybridized carbons (Fsp3) is 0.250. The molecule has 1 N–H and O–H groups in total. The second-order valence-electron chi connectivity index (χ2n) is 6.92. The molecule has 5 nitrogen and oxygen atoms in total. The zero-order chi connectivity index (χ0) is 21.5. The Morgan fingerprint density at radius 2 is 1.77 bits per heavy atom. The molecule has 1 heterocycles. The Morgan fingerprint density at radius 3 is 2.43 bits per heavy atom. The van der Waals surface area contributed by atoms with Gasteiger partial charge >= 0.3 is 5.97 Å². The van der Waals surface area contributed by atoms with Crippen LogP contribution in [0, 0.1) is 12.7 Å². The summed E-state index contributed by atoms with van der Waals surface area (Å²) in [5.74, 6) is -0.796. The first kappa shape index (κ1) is 21.3. The molecule has 0 fully saturated rings. The van der Waals surface area contributed by atoms with Gasteiger partial charge < -0.3 is 14.6 Å². The van der Waals surface area contributed by atoms with Crippen molar-refractivity contribution in [2.45, 2.75) is 33.4 Å². The van der Waals surface area contributed by atoms with E-state index in [0.717, 1.165) is 22.5 Å². The van der Waals surface area contributed by atoms with Gasteiger partial charge in [-0.15, -0.1) is 0 Å². The number of halogens is 1. The summed E-state index contributed by atoms with van der Waals surface area (Å²) in [7, 11) is 0. The predicted molar refractivity (Wildman–Crippen MR) is 113 cm³/mol. The van der Waals surface area contributed by atoms with E-state index in [0.29, 0.717) is 25.3 Å². The Morgan fingerprint density at radius 1 is 1.07 bits per heavy atom. The smallest absolute Gasteiger partial charge is 0.339 e. The molecular weight excluding hydrogens is 383 g/mol. The van der Waals surface area contributed by atoms with Gasteiger partial charge in [0.2, 0.25) is 5.91 Å². The first-order chi connectivity index (χ1) is 14.5. The standard InChI is InChI=1S/C24H25FN2O3/c1-3-30-24(29)21-15-22(19-7-5-4-6-8-19)27(17(21)2)14-13-23(28)26-16-18-9-11-20(25)12-10-18/h4-12,15H,3,13-14,16H2,1-2H3,(H,26,28). The summed E-state index contributed by atoms with van der Waals surface area (Å²) < 4.78 is 20.1. The van der Waals surface area contributed by atoms with E-state index in [2.05, 4.69) is 5.32 Å². The van der Waals surface area contributed by atoms with Gasteiger partial charge in [-0.05, 0) is 43.2 Å². The van der Waals surface area contributed by atoms with Gasteiger partial charge in [0.05, 0.1) is 12.2 Å².